The summed E-state index contributed by atoms with van der Waals surface area (Å²) in [6.07, 6.45) is 0. The van der Waals surface area contributed by atoms with Gasteiger partial charge in [0.25, 0.3) is 0 Å². The highest BCUT2D eigenvalue weighted by Gasteiger charge is 2.18. The largest absolute Gasteiger partial charge is 0.454 e. The van der Waals surface area contributed by atoms with Gasteiger partial charge in [-0.05, 0) is 25.5 Å². The summed E-state index contributed by atoms with van der Waals surface area (Å²) in [7, 11) is 0. The van der Waals surface area contributed by atoms with E-state index in [4.69, 9.17) is 15.7 Å². The predicted molar refractivity (Wildman–Crippen MR) is 83.3 cm³/mol. The van der Waals surface area contributed by atoms with Crippen molar-refractivity contribution in [2.24, 2.45) is 5.73 Å². The molecular formula is C16H17N3O4. The molecule has 0 fully saturated rings. The molecule has 120 valence electrons. The molecule has 1 aromatic carbocycles. The molecular weight excluding hydrogens is 298 g/mol. The number of esters is 1. The number of Topliss-reactive ketones (excluding diaryl/α,β-unsaturated/α-hetero) is 1. The maximum atomic E-state index is 12.1. The minimum atomic E-state index is -0.780. The third-order valence-electron chi connectivity index (χ3n) is 2.91. The van der Waals surface area contributed by atoms with Crippen LogP contribution in [0.1, 0.15) is 29.8 Å². The Hall–Kier alpha value is -3.14. The van der Waals surface area contributed by atoms with Crippen molar-refractivity contribution in [3.63, 3.8) is 0 Å². The zero-order chi connectivity index (χ0) is 17.6. The lowest BCUT2D eigenvalue weighted by atomic mass is 10.1. The average Bonchev–Trinajstić information content (AvgIpc) is 2.46. The van der Waals surface area contributed by atoms with Crippen molar-refractivity contribution in [1.29, 1.82) is 5.26 Å². The third kappa shape index (κ3) is 4.68. The van der Waals surface area contributed by atoms with Crippen LogP contribution in [0.25, 0.3) is 0 Å². The Morgan fingerprint density at radius 2 is 1.96 bits per heavy atom. The molecule has 3 N–H and O–H groups in total. The van der Waals surface area contributed by atoms with Gasteiger partial charge >= 0.3 is 5.97 Å². The highest BCUT2D eigenvalue weighted by Crippen LogP contribution is 2.21. The lowest BCUT2D eigenvalue weighted by molar-refractivity contribution is -0.118. The van der Waals surface area contributed by atoms with E-state index in [1.54, 1.807) is 25.1 Å². The van der Waals surface area contributed by atoms with Gasteiger partial charge in [0.1, 0.15) is 11.6 Å². The topological polar surface area (TPSA) is 122 Å². The smallest absolute Gasteiger partial charge is 0.340 e. The fourth-order valence-electron chi connectivity index (χ4n) is 1.83. The SMILES string of the molecule is CC(=O)Nc1c(C)cccc1C(=O)OCC(=O)/C(C#N)=C(\C)N. The van der Waals surface area contributed by atoms with Gasteiger partial charge in [-0.15, -0.1) is 0 Å². The van der Waals surface area contributed by atoms with Crippen LogP contribution in [0.5, 0.6) is 0 Å². The summed E-state index contributed by atoms with van der Waals surface area (Å²) >= 11 is 0. The lowest BCUT2D eigenvalue weighted by Crippen LogP contribution is -2.19. The average molecular weight is 315 g/mol. The van der Waals surface area contributed by atoms with Crippen LogP contribution in [-0.2, 0) is 14.3 Å². The molecule has 0 bridgehead atoms. The number of nitrogens with two attached hydrogens (primary N) is 1. The summed E-state index contributed by atoms with van der Waals surface area (Å²) in [5, 5.41) is 11.4. The number of amides is 1. The van der Waals surface area contributed by atoms with Crippen LogP contribution in [0, 0.1) is 18.3 Å². The van der Waals surface area contributed by atoms with E-state index < -0.39 is 18.4 Å². The number of rotatable bonds is 5. The van der Waals surface area contributed by atoms with E-state index >= 15 is 0 Å². The summed E-state index contributed by atoms with van der Waals surface area (Å²) < 4.78 is 4.92. The second kappa shape index (κ2) is 7.75. The zero-order valence-corrected chi connectivity index (χ0v) is 13.1. The molecule has 0 aliphatic heterocycles. The van der Waals surface area contributed by atoms with Crippen LogP contribution in [0.2, 0.25) is 0 Å². The van der Waals surface area contributed by atoms with Gasteiger partial charge in [0.05, 0.1) is 11.3 Å². The number of para-hydroxylation sites is 1. The molecule has 0 heterocycles. The maximum Gasteiger partial charge on any atom is 0.340 e. The second-order valence-electron chi connectivity index (χ2n) is 4.85. The number of aryl methyl sites for hydroxylation is 1. The molecule has 1 rings (SSSR count). The van der Waals surface area contributed by atoms with E-state index in [-0.39, 0.29) is 22.7 Å². The number of ketones is 1. The minimum Gasteiger partial charge on any atom is -0.454 e. The Labute approximate surface area is 133 Å². The number of nitrogens with one attached hydrogen (secondary N) is 1. The number of hydrogen-bond acceptors (Lipinski definition) is 6. The van der Waals surface area contributed by atoms with Crippen molar-refractivity contribution < 1.29 is 19.1 Å². The molecule has 0 radical (unpaired) electrons. The van der Waals surface area contributed by atoms with Gasteiger partial charge in [0, 0.05) is 12.6 Å². The van der Waals surface area contributed by atoms with Gasteiger partial charge in [0.2, 0.25) is 11.7 Å². The third-order valence-corrected chi connectivity index (χ3v) is 2.91. The second-order valence-corrected chi connectivity index (χ2v) is 4.85. The number of carbonyl (C=O) groups is 3. The highest BCUT2D eigenvalue weighted by atomic mass is 16.5. The number of benzene rings is 1. The number of allylic oxidation sites excluding steroid dienone is 1. The van der Waals surface area contributed by atoms with Crippen LogP contribution in [0.15, 0.2) is 29.5 Å². The zero-order valence-electron chi connectivity index (χ0n) is 13.1. The predicted octanol–water partition coefficient (Wildman–Crippen LogP) is 1.44. The van der Waals surface area contributed by atoms with E-state index in [9.17, 15) is 14.4 Å². The molecule has 0 atom stereocenters. The van der Waals surface area contributed by atoms with Crippen LogP contribution in [0.3, 0.4) is 0 Å². The molecule has 7 nitrogen and oxygen atoms in total. The first-order valence-corrected chi connectivity index (χ1v) is 6.72. The number of hydrogen-bond donors (Lipinski definition) is 2. The Balaban J connectivity index is 2.94. The summed E-state index contributed by atoms with van der Waals surface area (Å²) in [6.45, 7) is 3.85. The Bertz CT molecular complexity index is 725. The normalized spacial score (nSPS) is 11.0. The molecule has 23 heavy (non-hydrogen) atoms. The van der Waals surface area contributed by atoms with E-state index in [0.29, 0.717) is 11.3 Å². The number of nitrogens with zero attached hydrogens (tertiary/aromatic N) is 1. The van der Waals surface area contributed by atoms with Crippen LogP contribution < -0.4 is 11.1 Å². The van der Waals surface area contributed by atoms with Gasteiger partial charge < -0.3 is 15.8 Å². The fraction of sp³-hybridized carbons (Fsp3) is 0.250. The van der Waals surface area contributed by atoms with Crippen molar-refractivity contribution in [1.82, 2.24) is 0 Å². The van der Waals surface area contributed by atoms with E-state index in [1.807, 2.05) is 0 Å². The summed E-state index contributed by atoms with van der Waals surface area (Å²) in [6, 6.07) is 6.49. The number of ether oxygens (including phenoxy) is 1. The molecule has 1 aromatic rings. The van der Waals surface area contributed by atoms with E-state index in [2.05, 4.69) is 5.32 Å². The maximum absolute atomic E-state index is 12.1. The van der Waals surface area contributed by atoms with Gasteiger partial charge in [-0.1, -0.05) is 12.1 Å². The van der Waals surface area contributed by atoms with Crippen molar-refractivity contribution in [3.05, 3.63) is 40.6 Å². The molecule has 0 unspecified atom stereocenters. The van der Waals surface area contributed by atoms with E-state index in [0.717, 1.165) is 0 Å². The van der Waals surface area contributed by atoms with Gasteiger partial charge in [-0.2, -0.15) is 5.26 Å². The van der Waals surface area contributed by atoms with Gasteiger partial charge in [-0.3, -0.25) is 9.59 Å². The summed E-state index contributed by atoms with van der Waals surface area (Å²) in [5.41, 5.74) is 6.35. The molecule has 0 saturated carbocycles. The number of nitriles is 1. The standard InChI is InChI=1S/C16H17N3O4/c1-9-5-4-6-12(15(9)19-11(3)20)16(22)23-8-14(21)13(7-17)10(2)18/h4-6H,8,18H2,1-3H3,(H,19,20)/b13-10+. The Morgan fingerprint density at radius 1 is 1.30 bits per heavy atom. The summed E-state index contributed by atoms with van der Waals surface area (Å²) in [5.74, 6) is -1.80. The quantitative estimate of drug-likeness (QED) is 0.481. The molecule has 1 amide bonds. The molecule has 0 saturated heterocycles. The van der Waals surface area contributed by atoms with Gasteiger partial charge in [-0.25, -0.2) is 4.79 Å². The number of anilines is 1. The minimum absolute atomic E-state index is 0.0584. The lowest BCUT2D eigenvalue weighted by Gasteiger charge is -2.12. The van der Waals surface area contributed by atoms with Gasteiger partial charge in [0.15, 0.2) is 6.61 Å². The summed E-state index contributed by atoms with van der Waals surface area (Å²) in [4.78, 5) is 35.1. The monoisotopic (exact) mass is 315 g/mol. The van der Waals surface area contributed by atoms with Crippen LogP contribution in [-0.4, -0.2) is 24.3 Å². The van der Waals surface area contributed by atoms with E-state index in [1.165, 1.54) is 19.9 Å². The fourth-order valence-corrected chi connectivity index (χ4v) is 1.83. The highest BCUT2D eigenvalue weighted by molar-refractivity contribution is 6.04. The van der Waals surface area contributed by atoms with Crippen LogP contribution in [0.4, 0.5) is 5.69 Å². The Morgan fingerprint density at radius 3 is 2.48 bits per heavy atom. The Kier molecular flexibility index (Phi) is 6.04. The molecule has 0 aliphatic carbocycles. The van der Waals surface area contributed by atoms with Crippen molar-refractivity contribution in [2.75, 3.05) is 11.9 Å². The molecule has 0 aromatic heterocycles. The molecule has 7 heteroatoms. The van der Waals surface area contributed by atoms with Crippen molar-refractivity contribution in [2.45, 2.75) is 20.8 Å². The number of carbonyl (C=O) groups excluding carboxylic acids is 3. The first kappa shape index (κ1) is 17.9. The van der Waals surface area contributed by atoms with Crippen molar-refractivity contribution in [3.8, 4) is 6.07 Å². The molecule has 0 aliphatic rings. The molecule has 0 spiro atoms. The van der Waals surface area contributed by atoms with Crippen LogP contribution >= 0.6 is 0 Å². The first-order valence-electron chi connectivity index (χ1n) is 6.72. The first-order chi connectivity index (χ1) is 10.8. The van der Waals surface area contributed by atoms with Crippen molar-refractivity contribution >= 4 is 23.3 Å².